The van der Waals surface area contributed by atoms with Crippen LogP contribution < -0.4 is 9.64 Å². The van der Waals surface area contributed by atoms with Crippen LogP contribution in [0.4, 0.5) is 19.0 Å². The molecular formula is C22H23ClF3N3O3. The Labute approximate surface area is 188 Å². The standard InChI is InChI=1S/C22H23ClF3N3O3/c23-19-12-16(22(24,25)26)13-27-20(19)28-6-8-29(9-7-28)21(30)15-3-1-4-17(11-15)32-14-18-5-2-10-31-18/h1,3-4,11-13,18H,2,5-10,14H2/t18-/m1/s1. The average molecular weight is 470 g/mol. The fraction of sp³-hybridized carbons (Fsp3) is 0.455. The van der Waals surface area contributed by atoms with Gasteiger partial charge in [0.05, 0.1) is 16.7 Å². The summed E-state index contributed by atoms with van der Waals surface area (Å²) in [7, 11) is 0. The van der Waals surface area contributed by atoms with E-state index < -0.39 is 11.7 Å². The second kappa shape index (κ2) is 9.54. The van der Waals surface area contributed by atoms with E-state index in [1.54, 1.807) is 28.0 Å². The number of carbonyl (C=O) groups excluding carboxylic acids is 1. The molecule has 0 unspecified atom stereocenters. The van der Waals surface area contributed by atoms with Crippen LogP contribution in [0.1, 0.15) is 28.8 Å². The summed E-state index contributed by atoms with van der Waals surface area (Å²) in [5.41, 5.74) is -0.365. The average Bonchev–Trinajstić information content (AvgIpc) is 3.31. The van der Waals surface area contributed by atoms with Crippen molar-refractivity contribution in [2.75, 3.05) is 44.3 Å². The zero-order chi connectivity index (χ0) is 22.7. The van der Waals surface area contributed by atoms with Crippen molar-refractivity contribution in [2.45, 2.75) is 25.1 Å². The second-order valence-corrected chi connectivity index (χ2v) is 8.19. The van der Waals surface area contributed by atoms with Crippen molar-refractivity contribution in [3.63, 3.8) is 0 Å². The number of alkyl halides is 3. The van der Waals surface area contributed by atoms with Gasteiger partial charge in [-0.3, -0.25) is 4.79 Å². The lowest BCUT2D eigenvalue weighted by molar-refractivity contribution is -0.137. The molecule has 2 aromatic rings. The Kier molecular flexibility index (Phi) is 6.76. The van der Waals surface area contributed by atoms with Crippen molar-refractivity contribution in [1.29, 1.82) is 0 Å². The SMILES string of the molecule is O=C(c1cccc(OC[C@H]2CCCO2)c1)N1CCN(c2ncc(C(F)(F)F)cc2Cl)CC1. The summed E-state index contributed by atoms with van der Waals surface area (Å²) in [6.07, 6.45) is -1.62. The lowest BCUT2D eigenvalue weighted by atomic mass is 10.1. The number of pyridine rings is 1. The first kappa shape index (κ1) is 22.7. The van der Waals surface area contributed by atoms with E-state index >= 15 is 0 Å². The van der Waals surface area contributed by atoms with Crippen LogP contribution in [0.15, 0.2) is 36.5 Å². The molecule has 1 atom stereocenters. The minimum Gasteiger partial charge on any atom is -0.491 e. The van der Waals surface area contributed by atoms with Crippen LogP contribution in [0.25, 0.3) is 0 Å². The third-order valence-corrected chi connectivity index (χ3v) is 5.83. The van der Waals surface area contributed by atoms with E-state index in [0.717, 1.165) is 31.7 Å². The first-order chi connectivity index (χ1) is 15.3. The molecule has 1 amide bonds. The first-order valence-corrected chi connectivity index (χ1v) is 10.8. The Bertz CT molecular complexity index is 959. The van der Waals surface area contributed by atoms with Gasteiger partial charge in [-0.1, -0.05) is 17.7 Å². The summed E-state index contributed by atoms with van der Waals surface area (Å²) in [6, 6.07) is 7.92. The molecule has 172 valence electrons. The van der Waals surface area contributed by atoms with Gasteiger partial charge in [-0.2, -0.15) is 13.2 Å². The highest BCUT2D eigenvalue weighted by Gasteiger charge is 2.32. The number of rotatable bonds is 5. The van der Waals surface area contributed by atoms with Gasteiger partial charge in [0.2, 0.25) is 0 Å². The van der Waals surface area contributed by atoms with E-state index in [1.165, 1.54) is 0 Å². The first-order valence-electron chi connectivity index (χ1n) is 10.4. The molecule has 2 fully saturated rings. The highest BCUT2D eigenvalue weighted by atomic mass is 35.5. The number of nitrogens with zero attached hydrogens (tertiary/aromatic N) is 3. The lowest BCUT2D eigenvalue weighted by Crippen LogP contribution is -2.49. The van der Waals surface area contributed by atoms with Crippen LogP contribution in [0.5, 0.6) is 5.75 Å². The topological polar surface area (TPSA) is 54.9 Å². The number of anilines is 1. The van der Waals surface area contributed by atoms with Crippen molar-refractivity contribution in [2.24, 2.45) is 0 Å². The van der Waals surface area contributed by atoms with E-state index in [2.05, 4.69) is 4.98 Å². The monoisotopic (exact) mass is 469 g/mol. The molecule has 2 aliphatic rings. The number of benzene rings is 1. The summed E-state index contributed by atoms with van der Waals surface area (Å²) in [6.45, 7) is 2.85. The van der Waals surface area contributed by atoms with Gasteiger partial charge in [-0.15, -0.1) is 0 Å². The number of carbonyl (C=O) groups is 1. The highest BCUT2D eigenvalue weighted by Crippen LogP contribution is 2.33. The van der Waals surface area contributed by atoms with Gasteiger partial charge < -0.3 is 19.3 Å². The Morgan fingerprint density at radius 2 is 2.00 bits per heavy atom. The number of hydrogen-bond donors (Lipinski definition) is 0. The van der Waals surface area contributed by atoms with E-state index in [1.807, 2.05) is 6.07 Å². The molecule has 2 aliphatic heterocycles. The number of ether oxygens (including phenoxy) is 2. The van der Waals surface area contributed by atoms with Gasteiger partial charge in [-0.05, 0) is 37.1 Å². The Morgan fingerprint density at radius 1 is 1.22 bits per heavy atom. The molecule has 0 N–H and O–H groups in total. The molecule has 0 radical (unpaired) electrons. The summed E-state index contributed by atoms with van der Waals surface area (Å²) in [4.78, 5) is 20.3. The van der Waals surface area contributed by atoms with Crippen molar-refractivity contribution in [1.82, 2.24) is 9.88 Å². The maximum atomic E-state index is 12.9. The Balaban J connectivity index is 1.35. The van der Waals surface area contributed by atoms with E-state index in [0.29, 0.717) is 44.1 Å². The van der Waals surface area contributed by atoms with Gasteiger partial charge in [0.15, 0.2) is 0 Å². The fourth-order valence-electron chi connectivity index (χ4n) is 3.81. The van der Waals surface area contributed by atoms with E-state index in [9.17, 15) is 18.0 Å². The highest BCUT2D eigenvalue weighted by molar-refractivity contribution is 6.33. The largest absolute Gasteiger partial charge is 0.491 e. The molecule has 1 aromatic heterocycles. The lowest BCUT2D eigenvalue weighted by Gasteiger charge is -2.36. The van der Waals surface area contributed by atoms with Gasteiger partial charge in [0.1, 0.15) is 18.2 Å². The summed E-state index contributed by atoms with van der Waals surface area (Å²) < 4.78 is 49.8. The van der Waals surface area contributed by atoms with Gasteiger partial charge >= 0.3 is 6.18 Å². The minimum atomic E-state index is -4.50. The van der Waals surface area contributed by atoms with Crippen LogP contribution >= 0.6 is 11.6 Å². The number of aromatic nitrogens is 1. The Hall–Kier alpha value is -2.52. The molecule has 0 spiro atoms. The number of hydrogen-bond acceptors (Lipinski definition) is 5. The zero-order valence-electron chi connectivity index (χ0n) is 17.3. The minimum absolute atomic E-state index is 0.0595. The number of amides is 1. The van der Waals surface area contributed by atoms with Crippen LogP contribution in [0.2, 0.25) is 5.02 Å². The third kappa shape index (κ3) is 5.27. The van der Waals surface area contributed by atoms with Crippen LogP contribution in [-0.2, 0) is 10.9 Å². The molecule has 2 saturated heterocycles. The zero-order valence-corrected chi connectivity index (χ0v) is 18.0. The van der Waals surface area contributed by atoms with Crippen molar-refractivity contribution in [3.8, 4) is 5.75 Å². The normalized spacial score (nSPS) is 19.3. The van der Waals surface area contributed by atoms with Gasteiger partial charge in [-0.25, -0.2) is 4.98 Å². The van der Waals surface area contributed by atoms with Crippen LogP contribution in [0.3, 0.4) is 0 Å². The molecule has 6 nitrogen and oxygen atoms in total. The van der Waals surface area contributed by atoms with E-state index in [4.69, 9.17) is 21.1 Å². The van der Waals surface area contributed by atoms with Crippen LogP contribution in [-0.4, -0.2) is 61.3 Å². The van der Waals surface area contributed by atoms with Crippen molar-refractivity contribution >= 4 is 23.3 Å². The maximum absolute atomic E-state index is 12.9. The molecule has 4 rings (SSSR count). The van der Waals surface area contributed by atoms with Crippen molar-refractivity contribution < 1.29 is 27.4 Å². The summed E-state index contributed by atoms with van der Waals surface area (Å²) in [5, 5.41) is -0.0595. The molecule has 0 bridgehead atoms. The summed E-state index contributed by atoms with van der Waals surface area (Å²) in [5.74, 6) is 0.778. The molecular weight excluding hydrogens is 447 g/mol. The summed E-state index contributed by atoms with van der Waals surface area (Å²) >= 11 is 6.05. The molecule has 3 heterocycles. The maximum Gasteiger partial charge on any atom is 0.417 e. The molecule has 32 heavy (non-hydrogen) atoms. The molecule has 10 heteroatoms. The smallest absolute Gasteiger partial charge is 0.417 e. The molecule has 0 aliphatic carbocycles. The molecule has 1 aromatic carbocycles. The predicted octanol–water partition coefficient (Wildman–Crippen LogP) is 4.27. The fourth-order valence-corrected chi connectivity index (χ4v) is 4.09. The number of piperazine rings is 1. The second-order valence-electron chi connectivity index (χ2n) is 7.78. The van der Waals surface area contributed by atoms with Crippen molar-refractivity contribution in [3.05, 3.63) is 52.7 Å². The van der Waals surface area contributed by atoms with Gasteiger partial charge in [0.25, 0.3) is 5.91 Å². The van der Waals surface area contributed by atoms with E-state index in [-0.39, 0.29) is 22.9 Å². The number of halogens is 4. The predicted molar refractivity (Wildman–Crippen MR) is 113 cm³/mol. The molecule has 0 saturated carbocycles. The Morgan fingerprint density at radius 3 is 2.66 bits per heavy atom. The third-order valence-electron chi connectivity index (χ3n) is 5.56. The van der Waals surface area contributed by atoms with Crippen LogP contribution in [0, 0.1) is 0 Å². The van der Waals surface area contributed by atoms with Gasteiger partial charge in [0, 0.05) is 44.5 Å². The quantitative estimate of drug-likeness (QED) is 0.654.